The van der Waals surface area contributed by atoms with E-state index in [0.717, 1.165) is 30.9 Å². The third kappa shape index (κ3) is 7.53. The van der Waals surface area contributed by atoms with Crippen molar-refractivity contribution in [2.45, 2.75) is 64.7 Å². The van der Waals surface area contributed by atoms with Crippen molar-refractivity contribution in [2.24, 2.45) is 0 Å². The van der Waals surface area contributed by atoms with E-state index in [2.05, 4.69) is 19.6 Å². The van der Waals surface area contributed by atoms with E-state index in [0.29, 0.717) is 0 Å². The van der Waals surface area contributed by atoms with Crippen LogP contribution < -0.4 is 9.47 Å². The van der Waals surface area contributed by atoms with Gasteiger partial charge in [-0.3, -0.25) is 0 Å². The van der Waals surface area contributed by atoms with Crippen LogP contribution in [0.15, 0.2) is 30.9 Å². The van der Waals surface area contributed by atoms with E-state index in [1.54, 1.807) is 7.11 Å². The number of benzene rings is 1. The van der Waals surface area contributed by atoms with E-state index in [4.69, 9.17) is 9.47 Å². The Morgan fingerprint density at radius 1 is 0.955 bits per heavy atom. The highest BCUT2D eigenvalue weighted by Gasteiger charge is 2.05. The molecule has 0 amide bonds. The second-order valence-electron chi connectivity index (χ2n) is 5.80. The molecule has 0 saturated carbocycles. The van der Waals surface area contributed by atoms with Gasteiger partial charge < -0.3 is 9.47 Å². The quantitative estimate of drug-likeness (QED) is 0.331. The number of allylic oxidation sites excluding steroid dienone is 1. The first-order chi connectivity index (χ1) is 10.8. The molecule has 0 saturated heterocycles. The van der Waals surface area contributed by atoms with Gasteiger partial charge in [-0.25, -0.2) is 0 Å². The van der Waals surface area contributed by atoms with Gasteiger partial charge in [0.2, 0.25) is 0 Å². The van der Waals surface area contributed by atoms with Gasteiger partial charge in [-0.05, 0) is 30.5 Å². The summed E-state index contributed by atoms with van der Waals surface area (Å²) in [5, 5.41) is 0. The SMILES string of the molecule is C=CCc1ccc(OCCCCCCCCCC)c(OC)c1. The van der Waals surface area contributed by atoms with Gasteiger partial charge in [0.05, 0.1) is 13.7 Å². The van der Waals surface area contributed by atoms with Crippen molar-refractivity contribution >= 4 is 0 Å². The first kappa shape index (κ1) is 18.6. The molecule has 1 aromatic carbocycles. The van der Waals surface area contributed by atoms with Crippen LogP contribution in [0.5, 0.6) is 11.5 Å². The normalized spacial score (nSPS) is 10.5. The Morgan fingerprint density at radius 2 is 1.64 bits per heavy atom. The number of hydrogen-bond donors (Lipinski definition) is 0. The number of ether oxygens (including phenoxy) is 2. The predicted octanol–water partition coefficient (Wildman–Crippen LogP) is 5.94. The van der Waals surface area contributed by atoms with Crippen LogP contribution in [-0.2, 0) is 6.42 Å². The maximum atomic E-state index is 5.86. The van der Waals surface area contributed by atoms with Crippen LogP contribution in [0.2, 0.25) is 0 Å². The summed E-state index contributed by atoms with van der Waals surface area (Å²) in [4.78, 5) is 0. The Labute approximate surface area is 136 Å². The highest BCUT2D eigenvalue weighted by Crippen LogP contribution is 2.28. The summed E-state index contributed by atoms with van der Waals surface area (Å²) in [6.45, 7) is 6.79. The Bertz CT molecular complexity index is 412. The minimum atomic E-state index is 0.770. The highest BCUT2D eigenvalue weighted by atomic mass is 16.5. The predicted molar refractivity (Wildman–Crippen MR) is 95.0 cm³/mol. The summed E-state index contributed by atoms with van der Waals surface area (Å²) in [7, 11) is 1.69. The molecule has 1 aromatic rings. The fourth-order valence-electron chi connectivity index (χ4n) is 2.54. The molecule has 0 aliphatic heterocycles. The van der Waals surface area contributed by atoms with Crippen LogP contribution in [0.4, 0.5) is 0 Å². The molecule has 0 radical (unpaired) electrons. The maximum absolute atomic E-state index is 5.86. The summed E-state index contributed by atoms with van der Waals surface area (Å²) >= 11 is 0. The lowest BCUT2D eigenvalue weighted by Gasteiger charge is -2.11. The first-order valence-corrected chi connectivity index (χ1v) is 8.72. The fourth-order valence-corrected chi connectivity index (χ4v) is 2.54. The van der Waals surface area contributed by atoms with Crippen LogP contribution in [0.25, 0.3) is 0 Å². The number of methoxy groups -OCH3 is 1. The molecule has 0 aliphatic rings. The second kappa shape index (κ2) is 12.1. The van der Waals surface area contributed by atoms with Gasteiger partial charge in [0, 0.05) is 0 Å². The minimum absolute atomic E-state index is 0.770. The zero-order valence-electron chi connectivity index (χ0n) is 14.4. The molecule has 0 spiro atoms. The van der Waals surface area contributed by atoms with E-state index in [1.165, 1.54) is 50.5 Å². The van der Waals surface area contributed by atoms with Crippen molar-refractivity contribution in [1.29, 1.82) is 0 Å². The molecule has 0 unspecified atom stereocenters. The zero-order chi connectivity index (χ0) is 16.0. The van der Waals surface area contributed by atoms with Gasteiger partial charge in [-0.1, -0.05) is 64.0 Å². The van der Waals surface area contributed by atoms with Gasteiger partial charge in [0.1, 0.15) is 0 Å². The molecule has 0 aromatic heterocycles. The third-order valence-corrected chi connectivity index (χ3v) is 3.86. The standard InChI is InChI=1S/C20H32O2/c1-4-6-7-8-9-10-11-12-16-22-19-15-14-18(13-5-2)17-20(19)21-3/h5,14-15,17H,2,4,6-13,16H2,1,3H3. The minimum Gasteiger partial charge on any atom is -0.493 e. The van der Waals surface area contributed by atoms with Crippen molar-refractivity contribution < 1.29 is 9.47 Å². The van der Waals surface area contributed by atoms with Crippen LogP contribution in [-0.4, -0.2) is 13.7 Å². The molecule has 1 rings (SSSR count). The molecule has 0 N–H and O–H groups in total. The van der Waals surface area contributed by atoms with Crippen molar-refractivity contribution in [3.05, 3.63) is 36.4 Å². The van der Waals surface area contributed by atoms with Gasteiger partial charge >= 0.3 is 0 Å². The zero-order valence-corrected chi connectivity index (χ0v) is 14.4. The molecule has 22 heavy (non-hydrogen) atoms. The van der Waals surface area contributed by atoms with Crippen LogP contribution >= 0.6 is 0 Å². The van der Waals surface area contributed by atoms with Crippen molar-refractivity contribution in [1.82, 2.24) is 0 Å². The third-order valence-electron chi connectivity index (χ3n) is 3.86. The topological polar surface area (TPSA) is 18.5 Å². The fraction of sp³-hybridized carbons (Fsp3) is 0.600. The van der Waals surface area contributed by atoms with E-state index in [1.807, 2.05) is 18.2 Å². The Balaban J connectivity index is 2.20. The van der Waals surface area contributed by atoms with Gasteiger partial charge in [0.25, 0.3) is 0 Å². The molecular formula is C20H32O2. The second-order valence-corrected chi connectivity index (χ2v) is 5.80. The van der Waals surface area contributed by atoms with E-state index >= 15 is 0 Å². The Hall–Kier alpha value is -1.44. The average molecular weight is 304 g/mol. The molecule has 0 fully saturated rings. The van der Waals surface area contributed by atoms with E-state index in [9.17, 15) is 0 Å². The lowest BCUT2D eigenvalue weighted by molar-refractivity contribution is 0.284. The number of rotatable bonds is 13. The van der Waals surface area contributed by atoms with Crippen molar-refractivity contribution in [2.75, 3.05) is 13.7 Å². The van der Waals surface area contributed by atoms with E-state index in [-0.39, 0.29) is 0 Å². The summed E-state index contributed by atoms with van der Waals surface area (Å²) in [5.41, 5.74) is 1.20. The Kier molecular flexibility index (Phi) is 10.3. The van der Waals surface area contributed by atoms with Gasteiger partial charge in [-0.15, -0.1) is 6.58 Å². The first-order valence-electron chi connectivity index (χ1n) is 8.72. The maximum Gasteiger partial charge on any atom is 0.161 e. The summed E-state index contributed by atoms with van der Waals surface area (Å²) < 4.78 is 11.3. The molecule has 0 atom stereocenters. The number of hydrogen-bond acceptors (Lipinski definition) is 2. The molecule has 0 bridgehead atoms. The van der Waals surface area contributed by atoms with Crippen molar-refractivity contribution in [3.63, 3.8) is 0 Å². The largest absolute Gasteiger partial charge is 0.493 e. The molecule has 124 valence electrons. The van der Waals surface area contributed by atoms with Crippen LogP contribution in [0, 0.1) is 0 Å². The molecule has 2 heteroatoms. The smallest absolute Gasteiger partial charge is 0.161 e. The summed E-state index contributed by atoms with van der Waals surface area (Å²) in [6, 6.07) is 6.11. The van der Waals surface area contributed by atoms with E-state index < -0.39 is 0 Å². The molecule has 0 heterocycles. The highest BCUT2D eigenvalue weighted by molar-refractivity contribution is 5.43. The molecular weight excluding hydrogens is 272 g/mol. The van der Waals surface area contributed by atoms with Gasteiger partial charge in [0.15, 0.2) is 11.5 Å². The summed E-state index contributed by atoms with van der Waals surface area (Å²) in [5.74, 6) is 1.66. The number of unbranched alkanes of at least 4 members (excludes halogenated alkanes) is 7. The monoisotopic (exact) mass is 304 g/mol. The van der Waals surface area contributed by atoms with Crippen molar-refractivity contribution in [3.8, 4) is 11.5 Å². The molecule has 0 aliphatic carbocycles. The lowest BCUT2D eigenvalue weighted by Crippen LogP contribution is -2.00. The average Bonchev–Trinajstić information content (AvgIpc) is 2.54. The lowest BCUT2D eigenvalue weighted by atomic mass is 10.1. The van der Waals surface area contributed by atoms with Crippen LogP contribution in [0.1, 0.15) is 63.9 Å². The Morgan fingerprint density at radius 3 is 2.27 bits per heavy atom. The summed E-state index contributed by atoms with van der Waals surface area (Å²) in [6.07, 6.45) is 13.3. The molecule has 2 nitrogen and oxygen atoms in total. The van der Waals surface area contributed by atoms with Gasteiger partial charge in [-0.2, -0.15) is 0 Å². The van der Waals surface area contributed by atoms with Crippen LogP contribution in [0.3, 0.4) is 0 Å².